The Balaban J connectivity index is 1.53. The molecule has 1 aliphatic carbocycles. The van der Waals surface area contributed by atoms with Crippen molar-refractivity contribution in [1.29, 1.82) is 0 Å². The van der Waals surface area contributed by atoms with Crippen LogP contribution < -0.4 is 10.1 Å². The van der Waals surface area contributed by atoms with Gasteiger partial charge in [0.25, 0.3) is 0 Å². The molecule has 0 aliphatic heterocycles. The Morgan fingerprint density at radius 1 is 1.16 bits per heavy atom. The number of benzene rings is 1. The summed E-state index contributed by atoms with van der Waals surface area (Å²) in [5.74, 6) is 2.76. The number of nitrogens with one attached hydrogen (secondary N) is 1. The van der Waals surface area contributed by atoms with Crippen molar-refractivity contribution in [2.24, 2.45) is 11.8 Å². The Labute approximate surface area is 125 Å². The van der Waals surface area contributed by atoms with Gasteiger partial charge in [0, 0.05) is 11.0 Å². The van der Waals surface area contributed by atoms with Crippen LogP contribution in [0.25, 0.3) is 0 Å². The van der Waals surface area contributed by atoms with E-state index in [0.29, 0.717) is 0 Å². The summed E-state index contributed by atoms with van der Waals surface area (Å²) in [6.07, 6.45) is 5.59. The third kappa shape index (κ3) is 5.53. The second-order valence-corrected chi connectivity index (χ2v) is 6.55. The third-order valence-electron chi connectivity index (χ3n) is 3.93. The van der Waals surface area contributed by atoms with Crippen LogP contribution in [0.1, 0.15) is 32.6 Å². The number of halogens is 1. The molecule has 0 aromatic heterocycles. The van der Waals surface area contributed by atoms with Gasteiger partial charge in [-0.15, -0.1) is 0 Å². The topological polar surface area (TPSA) is 21.3 Å². The van der Waals surface area contributed by atoms with Crippen LogP contribution in [-0.4, -0.2) is 19.7 Å². The molecule has 1 saturated carbocycles. The molecule has 1 aromatic rings. The van der Waals surface area contributed by atoms with Crippen LogP contribution in [0.3, 0.4) is 0 Å². The summed E-state index contributed by atoms with van der Waals surface area (Å²) in [7, 11) is 0. The zero-order valence-electron chi connectivity index (χ0n) is 11.7. The SMILES string of the molecule is CC1CCC(CNCCOc2ccc(Br)cc2)CC1. The van der Waals surface area contributed by atoms with Gasteiger partial charge in [0.15, 0.2) is 0 Å². The Morgan fingerprint density at radius 2 is 1.84 bits per heavy atom. The fourth-order valence-corrected chi connectivity index (χ4v) is 2.88. The molecule has 0 bridgehead atoms. The van der Waals surface area contributed by atoms with Crippen molar-refractivity contribution in [2.75, 3.05) is 19.7 Å². The second-order valence-electron chi connectivity index (χ2n) is 5.63. The van der Waals surface area contributed by atoms with E-state index < -0.39 is 0 Å². The molecule has 19 heavy (non-hydrogen) atoms. The maximum Gasteiger partial charge on any atom is 0.119 e. The third-order valence-corrected chi connectivity index (χ3v) is 4.46. The fourth-order valence-electron chi connectivity index (χ4n) is 2.61. The molecule has 106 valence electrons. The molecular formula is C16H24BrNO. The van der Waals surface area contributed by atoms with E-state index in [2.05, 4.69) is 28.2 Å². The van der Waals surface area contributed by atoms with Crippen molar-refractivity contribution in [1.82, 2.24) is 5.32 Å². The lowest BCUT2D eigenvalue weighted by molar-refractivity contribution is 0.268. The van der Waals surface area contributed by atoms with Crippen LogP contribution in [0.4, 0.5) is 0 Å². The normalized spacial score (nSPS) is 23.3. The van der Waals surface area contributed by atoms with Crippen LogP contribution in [0.15, 0.2) is 28.7 Å². The van der Waals surface area contributed by atoms with Gasteiger partial charge in [0.05, 0.1) is 0 Å². The van der Waals surface area contributed by atoms with E-state index in [0.717, 1.165) is 41.8 Å². The molecule has 0 atom stereocenters. The van der Waals surface area contributed by atoms with Crippen LogP contribution in [-0.2, 0) is 0 Å². The van der Waals surface area contributed by atoms with E-state index in [4.69, 9.17) is 4.74 Å². The average molecular weight is 326 g/mol. The summed E-state index contributed by atoms with van der Waals surface area (Å²) in [6, 6.07) is 8.00. The highest BCUT2D eigenvalue weighted by molar-refractivity contribution is 9.10. The van der Waals surface area contributed by atoms with Crippen molar-refractivity contribution in [3.8, 4) is 5.75 Å². The van der Waals surface area contributed by atoms with Crippen LogP contribution >= 0.6 is 15.9 Å². The first-order valence-electron chi connectivity index (χ1n) is 7.33. The van der Waals surface area contributed by atoms with Crippen molar-refractivity contribution in [3.63, 3.8) is 0 Å². The highest BCUT2D eigenvalue weighted by Crippen LogP contribution is 2.27. The Bertz CT molecular complexity index is 358. The molecule has 1 aliphatic rings. The minimum Gasteiger partial charge on any atom is -0.492 e. The molecule has 3 heteroatoms. The predicted molar refractivity (Wildman–Crippen MR) is 83.6 cm³/mol. The minimum absolute atomic E-state index is 0.741. The van der Waals surface area contributed by atoms with Gasteiger partial charge in [0.1, 0.15) is 12.4 Å². The number of ether oxygens (including phenoxy) is 1. The van der Waals surface area contributed by atoms with E-state index in [-0.39, 0.29) is 0 Å². The summed E-state index contributed by atoms with van der Waals surface area (Å²) in [6.45, 7) is 5.19. The lowest BCUT2D eigenvalue weighted by atomic mass is 9.83. The summed E-state index contributed by atoms with van der Waals surface area (Å²) >= 11 is 3.42. The van der Waals surface area contributed by atoms with Crippen LogP contribution in [0, 0.1) is 11.8 Å². The van der Waals surface area contributed by atoms with Crippen molar-refractivity contribution in [3.05, 3.63) is 28.7 Å². The smallest absolute Gasteiger partial charge is 0.119 e. The molecule has 2 rings (SSSR count). The first-order chi connectivity index (χ1) is 9.24. The van der Waals surface area contributed by atoms with Crippen molar-refractivity contribution >= 4 is 15.9 Å². The van der Waals surface area contributed by atoms with E-state index >= 15 is 0 Å². The van der Waals surface area contributed by atoms with E-state index in [1.807, 2.05) is 24.3 Å². The molecule has 0 spiro atoms. The molecule has 1 aromatic carbocycles. The van der Waals surface area contributed by atoms with Crippen molar-refractivity contribution in [2.45, 2.75) is 32.6 Å². The average Bonchev–Trinajstić information content (AvgIpc) is 2.43. The fraction of sp³-hybridized carbons (Fsp3) is 0.625. The predicted octanol–water partition coefficient (Wildman–Crippen LogP) is 4.24. The van der Waals surface area contributed by atoms with Gasteiger partial charge < -0.3 is 10.1 Å². The maximum atomic E-state index is 5.68. The molecule has 1 fully saturated rings. The van der Waals surface area contributed by atoms with Gasteiger partial charge >= 0.3 is 0 Å². The van der Waals surface area contributed by atoms with E-state index in [9.17, 15) is 0 Å². The second kappa shape index (κ2) is 7.91. The summed E-state index contributed by atoms with van der Waals surface area (Å²) in [5.41, 5.74) is 0. The van der Waals surface area contributed by atoms with Crippen molar-refractivity contribution < 1.29 is 4.74 Å². The Hall–Kier alpha value is -0.540. The lowest BCUT2D eigenvalue weighted by Gasteiger charge is -2.26. The first kappa shape index (κ1) is 14.9. The van der Waals surface area contributed by atoms with E-state index in [1.165, 1.54) is 25.7 Å². The first-order valence-corrected chi connectivity index (χ1v) is 8.12. The molecule has 0 radical (unpaired) electrons. The zero-order valence-corrected chi connectivity index (χ0v) is 13.3. The highest BCUT2D eigenvalue weighted by Gasteiger charge is 2.17. The van der Waals surface area contributed by atoms with Crippen LogP contribution in [0.5, 0.6) is 5.75 Å². The quantitative estimate of drug-likeness (QED) is 0.790. The zero-order chi connectivity index (χ0) is 13.5. The largest absolute Gasteiger partial charge is 0.492 e. The monoisotopic (exact) mass is 325 g/mol. The number of rotatable bonds is 6. The minimum atomic E-state index is 0.741. The number of hydrogen-bond acceptors (Lipinski definition) is 2. The summed E-state index contributed by atoms with van der Waals surface area (Å²) < 4.78 is 6.77. The molecule has 2 nitrogen and oxygen atoms in total. The summed E-state index contributed by atoms with van der Waals surface area (Å²) in [4.78, 5) is 0. The molecule has 0 saturated heterocycles. The Kier molecular flexibility index (Phi) is 6.18. The standard InChI is InChI=1S/C16H24BrNO/c1-13-2-4-14(5-3-13)12-18-10-11-19-16-8-6-15(17)7-9-16/h6-9,13-14,18H,2-5,10-12H2,1H3. The Morgan fingerprint density at radius 3 is 2.53 bits per heavy atom. The van der Waals surface area contributed by atoms with Gasteiger partial charge in [-0.1, -0.05) is 35.7 Å². The van der Waals surface area contributed by atoms with Gasteiger partial charge in [-0.05, 0) is 55.5 Å². The van der Waals surface area contributed by atoms with Crippen LogP contribution in [0.2, 0.25) is 0 Å². The lowest BCUT2D eigenvalue weighted by Crippen LogP contribution is -2.29. The molecular weight excluding hydrogens is 302 g/mol. The van der Waals surface area contributed by atoms with Gasteiger partial charge in [-0.3, -0.25) is 0 Å². The van der Waals surface area contributed by atoms with E-state index in [1.54, 1.807) is 0 Å². The maximum absolute atomic E-state index is 5.68. The highest BCUT2D eigenvalue weighted by atomic mass is 79.9. The van der Waals surface area contributed by atoms with Gasteiger partial charge in [-0.2, -0.15) is 0 Å². The van der Waals surface area contributed by atoms with Gasteiger partial charge in [-0.25, -0.2) is 0 Å². The summed E-state index contributed by atoms with van der Waals surface area (Å²) in [5, 5.41) is 3.52. The molecule has 0 amide bonds. The molecule has 1 N–H and O–H groups in total. The molecule has 0 unspecified atom stereocenters. The van der Waals surface area contributed by atoms with Gasteiger partial charge in [0.2, 0.25) is 0 Å². The molecule has 0 heterocycles. The number of hydrogen-bond donors (Lipinski definition) is 1.